The van der Waals surface area contributed by atoms with Crippen molar-refractivity contribution in [1.29, 1.82) is 0 Å². The molecule has 1 aliphatic rings. The van der Waals surface area contributed by atoms with Crippen molar-refractivity contribution in [3.63, 3.8) is 0 Å². The van der Waals surface area contributed by atoms with Crippen molar-refractivity contribution in [2.75, 3.05) is 13.2 Å². The van der Waals surface area contributed by atoms with Gasteiger partial charge in [-0.05, 0) is 11.1 Å². The first kappa shape index (κ1) is 10.1. The normalized spacial score (nSPS) is 21.1. The van der Waals surface area contributed by atoms with E-state index in [9.17, 15) is 4.79 Å². The average molecular weight is 206 g/mol. The monoisotopic (exact) mass is 206 g/mol. The van der Waals surface area contributed by atoms with Gasteiger partial charge in [0.2, 0.25) is 5.91 Å². The highest BCUT2D eigenvalue weighted by Gasteiger charge is 2.21. The van der Waals surface area contributed by atoms with Crippen LogP contribution >= 0.6 is 0 Å². The summed E-state index contributed by atoms with van der Waals surface area (Å²) in [6.45, 7) is 1.14. The molecule has 15 heavy (non-hydrogen) atoms. The van der Waals surface area contributed by atoms with E-state index in [2.05, 4.69) is 5.32 Å². The third kappa shape index (κ3) is 2.16. The van der Waals surface area contributed by atoms with Crippen LogP contribution in [0, 0.1) is 0 Å². The fourth-order valence-electron chi connectivity index (χ4n) is 1.73. The topological polar surface area (TPSA) is 64.3 Å². The Labute approximate surface area is 88.4 Å². The molecule has 4 heteroatoms. The predicted octanol–water partition coefficient (Wildman–Crippen LogP) is 0.333. The lowest BCUT2D eigenvalue weighted by Crippen LogP contribution is -2.39. The van der Waals surface area contributed by atoms with Crippen molar-refractivity contribution in [1.82, 2.24) is 5.32 Å². The van der Waals surface area contributed by atoms with Gasteiger partial charge in [0.1, 0.15) is 12.7 Å². The molecule has 1 amide bonds. The second kappa shape index (κ2) is 4.42. The lowest BCUT2D eigenvalue weighted by Gasteiger charge is -2.25. The summed E-state index contributed by atoms with van der Waals surface area (Å²) < 4.78 is 5.45. The molecule has 0 radical (unpaired) electrons. The van der Waals surface area contributed by atoms with Crippen LogP contribution in [0.2, 0.25) is 0 Å². The van der Waals surface area contributed by atoms with Gasteiger partial charge >= 0.3 is 0 Å². The Bertz CT molecular complexity index is 355. The molecule has 1 fully saturated rings. The molecule has 4 nitrogen and oxygen atoms in total. The number of benzene rings is 1. The number of rotatable bonds is 2. The Morgan fingerprint density at radius 1 is 1.47 bits per heavy atom. The Morgan fingerprint density at radius 3 is 2.93 bits per heavy atom. The third-order valence-corrected chi connectivity index (χ3v) is 2.52. The molecule has 0 bridgehead atoms. The minimum atomic E-state index is -0.0672. The molecule has 0 aromatic heterocycles. The highest BCUT2D eigenvalue weighted by atomic mass is 16.5. The molecule has 0 saturated carbocycles. The Morgan fingerprint density at radius 2 is 2.27 bits per heavy atom. The van der Waals surface area contributed by atoms with Crippen LogP contribution in [0.15, 0.2) is 24.3 Å². The maximum atomic E-state index is 10.9. The van der Waals surface area contributed by atoms with Crippen LogP contribution in [0.5, 0.6) is 0 Å². The van der Waals surface area contributed by atoms with E-state index in [0.29, 0.717) is 13.1 Å². The molecule has 1 aromatic carbocycles. The molecular weight excluding hydrogens is 192 g/mol. The zero-order valence-corrected chi connectivity index (χ0v) is 8.40. The minimum absolute atomic E-state index is 0.0588. The van der Waals surface area contributed by atoms with Gasteiger partial charge in [-0.1, -0.05) is 24.3 Å². The maximum absolute atomic E-state index is 10.9. The second-order valence-electron chi connectivity index (χ2n) is 3.51. The molecule has 1 atom stereocenters. The number of amides is 1. The maximum Gasteiger partial charge on any atom is 0.246 e. The second-order valence-corrected chi connectivity index (χ2v) is 3.51. The fraction of sp³-hybridized carbons (Fsp3) is 0.364. The summed E-state index contributed by atoms with van der Waals surface area (Å²) in [6.07, 6.45) is -0.0672. The zero-order chi connectivity index (χ0) is 10.7. The van der Waals surface area contributed by atoms with E-state index >= 15 is 0 Å². The van der Waals surface area contributed by atoms with E-state index in [1.165, 1.54) is 0 Å². The van der Waals surface area contributed by atoms with Crippen molar-refractivity contribution in [2.24, 2.45) is 5.73 Å². The molecular formula is C11H14N2O2. The molecule has 0 spiro atoms. The summed E-state index contributed by atoms with van der Waals surface area (Å²) in [7, 11) is 0. The molecule has 1 heterocycles. The standard InChI is InChI=1S/C11H14N2O2/c12-5-8-3-1-2-4-9(8)10-6-13-11(14)7-15-10/h1-4,10H,5-7,12H2,(H,13,14). The first-order chi connectivity index (χ1) is 7.31. The van der Waals surface area contributed by atoms with Crippen LogP contribution in [0.25, 0.3) is 0 Å². The van der Waals surface area contributed by atoms with Crippen molar-refractivity contribution in [3.8, 4) is 0 Å². The number of hydrogen-bond donors (Lipinski definition) is 2. The van der Waals surface area contributed by atoms with Crippen LogP contribution in [0.3, 0.4) is 0 Å². The lowest BCUT2D eigenvalue weighted by molar-refractivity contribution is -0.133. The van der Waals surface area contributed by atoms with Crippen LogP contribution in [0.1, 0.15) is 17.2 Å². The van der Waals surface area contributed by atoms with E-state index in [0.717, 1.165) is 11.1 Å². The third-order valence-electron chi connectivity index (χ3n) is 2.52. The molecule has 2 rings (SSSR count). The van der Waals surface area contributed by atoms with Gasteiger partial charge in [-0.3, -0.25) is 4.79 Å². The van der Waals surface area contributed by atoms with Crippen molar-refractivity contribution in [2.45, 2.75) is 12.6 Å². The molecule has 1 unspecified atom stereocenters. The first-order valence-electron chi connectivity index (χ1n) is 4.97. The lowest BCUT2D eigenvalue weighted by atomic mass is 10.0. The van der Waals surface area contributed by atoms with E-state index in [1.807, 2.05) is 24.3 Å². The Hall–Kier alpha value is -1.39. The Kier molecular flexibility index (Phi) is 2.99. The summed E-state index contributed by atoms with van der Waals surface area (Å²) >= 11 is 0. The summed E-state index contributed by atoms with van der Waals surface area (Å²) in [5, 5.41) is 2.78. The Balaban J connectivity index is 2.18. The van der Waals surface area contributed by atoms with E-state index in [1.54, 1.807) is 0 Å². The van der Waals surface area contributed by atoms with E-state index in [-0.39, 0.29) is 18.6 Å². The number of carbonyl (C=O) groups is 1. The summed E-state index contributed by atoms with van der Waals surface area (Å²) in [5.74, 6) is -0.0588. The highest BCUT2D eigenvalue weighted by molar-refractivity contribution is 5.77. The minimum Gasteiger partial charge on any atom is -0.362 e. The summed E-state index contributed by atoms with van der Waals surface area (Å²) in [4.78, 5) is 10.9. The van der Waals surface area contributed by atoms with Gasteiger partial charge in [0.05, 0.1) is 0 Å². The van der Waals surface area contributed by atoms with Crippen LogP contribution < -0.4 is 11.1 Å². The highest BCUT2D eigenvalue weighted by Crippen LogP contribution is 2.22. The van der Waals surface area contributed by atoms with Gasteiger partial charge < -0.3 is 15.8 Å². The number of nitrogens with one attached hydrogen (secondary N) is 1. The number of ether oxygens (including phenoxy) is 1. The summed E-state index contributed by atoms with van der Waals surface area (Å²) in [5.41, 5.74) is 7.78. The van der Waals surface area contributed by atoms with Gasteiger partial charge in [0.15, 0.2) is 0 Å². The quantitative estimate of drug-likeness (QED) is 0.733. The van der Waals surface area contributed by atoms with Gasteiger partial charge in [-0.2, -0.15) is 0 Å². The molecule has 1 aliphatic heterocycles. The number of carbonyl (C=O) groups excluding carboxylic acids is 1. The molecule has 0 aliphatic carbocycles. The average Bonchev–Trinajstić information content (AvgIpc) is 2.30. The van der Waals surface area contributed by atoms with Crippen molar-refractivity contribution < 1.29 is 9.53 Å². The molecule has 1 saturated heterocycles. The number of morpholine rings is 1. The zero-order valence-electron chi connectivity index (χ0n) is 8.40. The predicted molar refractivity (Wildman–Crippen MR) is 56.0 cm³/mol. The largest absolute Gasteiger partial charge is 0.362 e. The summed E-state index contributed by atoms with van der Waals surface area (Å²) in [6, 6.07) is 7.88. The SMILES string of the molecule is NCc1ccccc1C1CNC(=O)CO1. The van der Waals surface area contributed by atoms with Crippen LogP contribution in [-0.2, 0) is 16.1 Å². The smallest absolute Gasteiger partial charge is 0.246 e. The molecule has 80 valence electrons. The van der Waals surface area contributed by atoms with Crippen LogP contribution in [0.4, 0.5) is 0 Å². The molecule has 3 N–H and O–H groups in total. The van der Waals surface area contributed by atoms with Gasteiger partial charge in [-0.25, -0.2) is 0 Å². The number of nitrogens with two attached hydrogens (primary N) is 1. The fourth-order valence-corrected chi connectivity index (χ4v) is 1.73. The first-order valence-corrected chi connectivity index (χ1v) is 4.97. The van der Waals surface area contributed by atoms with Crippen molar-refractivity contribution >= 4 is 5.91 Å². The molecule has 1 aromatic rings. The van der Waals surface area contributed by atoms with Gasteiger partial charge in [0, 0.05) is 13.1 Å². The van der Waals surface area contributed by atoms with Gasteiger partial charge in [0.25, 0.3) is 0 Å². The van der Waals surface area contributed by atoms with Crippen molar-refractivity contribution in [3.05, 3.63) is 35.4 Å². The number of hydrogen-bond acceptors (Lipinski definition) is 3. The van der Waals surface area contributed by atoms with Crippen LogP contribution in [-0.4, -0.2) is 19.1 Å². The van der Waals surface area contributed by atoms with E-state index in [4.69, 9.17) is 10.5 Å². The van der Waals surface area contributed by atoms with Gasteiger partial charge in [-0.15, -0.1) is 0 Å². The van der Waals surface area contributed by atoms with E-state index < -0.39 is 0 Å².